The number of ether oxygens (including phenoxy) is 1. The van der Waals surface area contributed by atoms with Crippen molar-refractivity contribution in [1.29, 1.82) is 0 Å². The number of piperazine rings is 1. The van der Waals surface area contributed by atoms with Crippen LogP contribution in [0.1, 0.15) is 19.8 Å². The fraction of sp³-hybridized carbons (Fsp3) is 0.727. The molecule has 0 spiro atoms. The van der Waals surface area contributed by atoms with E-state index in [0.717, 1.165) is 6.42 Å². The van der Waals surface area contributed by atoms with Gasteiger partial charge in [0.05, 0.1) is 6.61 Å². The molecule has 2 aliphatic heterocycles. The smallest absolute Gasteiger partial charge is 0.397 e. The van der Waals surface area contributed by atoms with E-state index in [4.69, 9.17) is 0 Å². The molecule has 0 saturated carbocycles. The molecule has 6 nitrogen and oxygen atoms in total. The van der Waals surface area contributed by atoms with Crippen LogP contribution in [0.15, 0.2) is 0 Å². The third-order valence-electron chi connectivity index (χ3n) is 3.23. The van der Waals surface area contributed by atoms with E-state index in [0.29, 0.717) is 26.1 Å². The Balaban J connectivity index is 1.95. The van der Waals surface area contributed by atoms with Gasteiger partial charge in [0.2, 0.25) is 5.91 Å². The summed E-state index contributed by atoms with van der Waals surface area (Å²) in [5, 5.41) is 0. The molecule has 2 heterocycles. The first-order chi connectivity index (χ1) is 8.13. The minimum absolute atomic E-state index is 0.0784. The fourth-order valence-electron chi connectivity index (χ4n) is 2.37. The van der Waals surface area contributed by atoms with E-state index in [1.165, 1.54) is 4.90 Å². The van der Waals surface area contributed by atoms with Gasteiger partial charge >= 0.3 is 11.9 Å². The van der Waals surface area contributed by atoms with Crippen LogP contribution in [-0.2, 0) is 19.1 Å². The maximum atomic E-state index is 11.7. The van der Waals surface area contributed by atoms with Gasteiger partial charge < -0.3 is 14.5 Å². The Hall–Kier alpha value is -1.59. The maximum absolute atomic E-state index is 11.7. The molecular weight excluding hydrogens is 224 g/mol. The van der Waals surface area contributed by atoms with Crippen LogP contribution in [0.25, 0.3) is 0 Å². The van der Waals surface area contributed by atoms with Crippen LogP contribution in [0.3, 0.4) is 0 Å². The van der Waals surface area contributed by atoms with E-state index in [-0.39, 0.29) is 18.6 Å². The summed E-state index contributed by atoms with van der Waals surface area (Å²) in [6.45, 7) is 3.25. The molecule has 2 fully saturated rings. The highest BCUT2D eigenvalue weighted by atomic mass is 16.5. The summed E-state index contributed by atoms with van der Waals surface area (Å²) in [4.78, 5) is 37.7. The molecule has 6 heteroatoms. The van der Waals surface area contributed by atoms with Crippen LogP contribution in [0.4, 0.5) is 0 Å². The van der Waals surface area contributed by atoms with Gasteiger partial charge in [-0.1, -0.05) is 0 Å². The lowest BCUT2D eigenvalue weighted by atomic mass is 10.1. The zero-order valence-electron chi connectivity index (χ0n) is 9.85. The molecular formula is C11H16N2O4. The average molecular weight is 240 g/mol. The van der Waals surface area contributed by atoms with Gasteiger partial charge in [0.25, 0.3) is 0 Å². The number of nitrogens with zero attached hydrogens (tertiary/aromatic N) is 2. The third-order valence-corrected chi connectivity index (χ3v) is 3.23. The predicted molar refractivity (Wildman–Crippen MR) is 57.9 cm³/mol. The van der Waals surface area contributed by atoms with Gasteiger partial charge in [-0.25, -0.2) is 4.79 Å². The third kappa shape index (κ3) is 2.25. The SMILES string of the molecule is CCOC(=O)C(=O)N1CCN2C(=O)CCC2C1. The van der Waals surface area contributed by atoms with Crippen molar-refractivity contribution in [3.63, 3.8) is 0 Å². The van der Waals surface area contributed by atoms with Crippen molar-refractivity contribution in [2.45, 2.75) is 25.8 Å². The van der Waals surface area contributed by atoms with E-state index < -0.39 is 11.9 Å². The number of carbonyl (C=O) groups excluding carboxylic acids is 3. The molecule has 17 heavy (non-hydrogen) atoms. The molecule has 2 rings (SSSR count). The highest BCUT2D eigenvalue weighted by Gasteiger charge is 2.38. The Bertz CT molecular complexity index is 355. The molecule has 0 aromatic carbocycles. The average Bonchev–Trinajstić information content (AvgIpc) is 2.70. The van der Waals surface area contributed by atoms with Crippen LogP contribution in [0.5, 0.6) is 0 Å². The lowest BCUT2D eigenvalue weighted by Crippen LogP contribution is -2.54. The summed E-state index contributed by atoms with van der Waals surface area (Å²) in [7, 11) is 0. The van der Waals surface area contributed by atoms with Gasteiger partial charge in [-0.15, -0.1) is 0 Å². The first-order valence-corrected chi connectivity index (χ1v) is 5.89. The lowest BCUT2D eigenvalue weighted by Gasteiger charge is -2.36. The van der Waals surface area contributed by atoms with Crippen LogP contribution in [0.2, 0.25) is 0 Å². The molecule has 0 N–H and O–H groups in total. The molecule has 1 atom stereocenters. The van der Waals surface area contributed by atoms with Gasteiger partial charge in [0, 0.05) is 32.1 Å². The maximum Gasteiger partial charge on any atom is 0.397 e. The molecule has 0 aromatic heterocycles. The van der Waals surface area contributed by atoms with Crippen molar-refractivity contribution >= 4 is 17.8 Å². The molecule has 94 valence electrons. The highest BCUT2D eigenvalue weighted by Crippen LogP contribution is 2.22. The van der Waals surface area contributed by atoms with Crippen LogP contribution in [-0.4, -0.2) is 59.9 Å². The number of hydrogen-bond acceptors (Lipinski definition) is 4. The zero-order chi connectivity index (χ0) is 12.4. The second-order valence-corrected chi connectivity index (χ2v) is 4.25. The number of esters is 1. The fourth-order valence-corrected chi connectivity index (χ4v) is 2.37. The Labute approximate surface area is 99.5 Å². The molecule has 0 aromatic rings. The summed E-state index contributed by atoms with van der Waals surface area (Å²) in [5.74, 6) is -1.24. The topological polar surface area (TPSA) is 66.9 Å². The summed E-state index contributed by atoms with van der Waals surface area (Å²) in [6, 6.07) is 0.0784. The van der Waals surface area contributed by atoms with Gasteiger partial charge in [0.1, 0.15) is 0 Å². The van der Waals surface area contributed by atoms with Crippen molar-refractivity contribution in [3.8, 4) is 0 Å². The van der Waals surface area contributed by atoms with E-state index in [2.05, 4.69) is 4.74 Å². The molecule has 0 aliphatic carbocycles. The van der Waals surface area contributed by atoms with Gasteiger partial charge in [-0.2, -0.15) is 0 Å². The van der Waals surface area contributed by atoms with E-state index in [1.54, 1.807) is 11.8 Å². The van der Waals surface area contributed by atoms with Crippen molar-refractivity contribution in [1.82, 2.24) is 9.80 Å². The number of amides is 2. The summed E-state index contributed by atoms with van der Waals surface area (Å²) in [5.41, 5.74) is 0. The molecule has 2 saturated heterocycles. The number of hydrogen-bond donors (Lipinski definition) is 0. The Morgan fingerprint density at radius 3 is 2.88 bits per heavy atom. The summed E-state index contributed by atoms with van der Waals surface area (Å²) < 4.78 is 4.68. The minimum Gasteiger partial charge on any atom is -0.459 e. The van der Waals surface area contributed by atoms with Gasteiger partial charge in [-0.3, -0.25) is 9.59 Å². The number of fused-ring (bicyclic) bond motifs is 1. The molecule has 1 unspecified atom stereocenters. The zero-order valence-corrected chi connectivity index (χ0v) is 9.85. The molecule has 2 aliphatic rings. The lowest BCUT2D eigenvalue weighted by molar-refractivity contribution is -0.161. The Kier molecular flexibility index (Phi) is 3.31. The van der Waals surface area contributed by atoms with E-state index >= 15 is 0 Å². The van der Waals surface area contributed by atoms with E-state index in [1.807, 2.05) is 0 Å². The highest BCUT2D eigenvalue weighted by molar-refractivity contribution is 6.32. The Morgan fingerprint density at radius 1 is 1.41 bits per heavy atom. The summed E-state index contributed by atoms with van der Waals surface area (Å²) in [6.07, 6.45) is 1.32. The molecule has 2 amide bonds. The first-order valence-electron chi connectivity index (χ1n) is 5.89. The number of carbonyl (C=O) groups is 3. The summed E-state index contributed by atoms with van der Waals surface area (Å²) >= 11 is 0. The van der Waals surface area contributed by atoms with Crippen LogP contribution in [0, 0.1) is 0 Å². The largest absolute Gasteiger partial charge is 0.459 e. The van der Waals surface area contributed by atoms with Crippen molar-refractivity contribution < 1.29 is 19.1 Å². The number of rotatable bonds is 1. The first kappa shape index (κ1) is 11.9. The molecule has 0 bridgehead atoms. The minimum atomic E-state index is -0.801. The second-order valence-electron chi connectivity index (χ2n) is 4.25. The molecule has 0 radical (unpaired) electrons. The predicted octanol–water partition coefficient (Wildman–Crippen LogP) is -0.617. The normalized spacial score (nSPS) is 23.6. The van der Waals surface area contributed by atoms with Gasteiger partial charge in [-0.05, 0) is 13.3 Å². The van der Waals surface area contributed by atoms with Crippen molar-refractivity contribution in [2.24, 2.45) is 0 Å². The Morgan fingerprint density at radius 2 is 2.18 bits per heavy atom. The van der Waals surface area contributed by atoms with Crippen LogP contribution >= 0.6 is 0 Å². The van der Waals surface area contributed by atoms with Gasteiger partial charge in [0.15, 0.2) is 0 Å². The monoisotopic (exact) mass is 240 g/mol. The van der Waals surface area contributed by atoms with E-state index in [9.17, 15) is 14.4 Å². The quantitative estimate of drug-likeness (QED) is 0.452. The van der Waals surface area contributed by atoms with Crippen molar-refractivity contribution in [3.05, 3.63) is 0 Å². The van der Waals surface area contributed by atoms with Crippen molar-refractivity contribution in [2.75, 3.05) is 26.2 Å². The standard InChI is InChI=1S/C11H16N2O4/c1-2-17-11(16)10(15)12-5-6-13-8(7-12)3-4-9(13)14/h8H,2-7H2,1H3. The second kappa shape index (κ2) is 4.73. The van der Waals surface area contributed by atoms with Crippen LogP contribution < -0.4 is 0 Å².